The van der Waals surface area contributed by atoms with Crippen LogP contribution in [0.15, 0.2) is 70.1 Å². The Bertz CT molecular complexity index is 1430. The fourth-order valence-corrected chi connectivity index (χ4v) is 4.72. The van der Waals surface area contributed by atoms with Crippen LogP contribution in [0.25, 0.3) is 28.1 Å². The molecule has 0 aliphatic rings. The molecular weight excluding hydrogens is 406 g/mol. The van der Waals surface area contributed by atoms with E-state index in [0.29, 0.717) is 23.0 Å². The summed E-state index contributed by atoms with van der Waals surface area (Å²) in [5.74, 6) is 1.07. The summed E-state index contributed by atoms with van der Waals surface area (Å²) in [6, 6.07) is 22.1. The third kappa shape index (κ3) is 3.35. The van der Waals surface area contributed by atoms with Crippen LogP contribution in [0.5, 0.6) is 0 Å². The second-order valence-electron chi connectivity index (χ2n) is 7.18. The molecule has 152 valence electrons. The normalized spacial score (nSPS) is 12.3. The second kappa shape index (κ2) is 7.89. The lowest BCUT2D eigenvalue weighted by molar-refractivity contribution is 0.509. The van der Waals surface area contributed by atoms with Crippen LogP contribution in [0.3, 0.4) is 0 Å². The molecule has 0 unspecified atom stereocenters. The van der Waals surface area contributed by atoms with Gasteiger partial charge in [-0.15, -0.1) is 10.2 Å². The molecule has 6 nitrogen and oxygen atoms in total. The van der Waals surface area contributed by atoms with Gasteiger partial charge in [0.1, 0.15) is 6.07 Å². The van der Waals surface area contributed by atoms with Gasteiger partial charge in [-0.25, -0.2) is 4.98 Å². The highest BCUT2D eigenvalue weighted by atomic mass is 32.2. The number of imidazole rings is 1. The van der Waals surface area contributed by atoms with Gasteiger partial charge in [-0.2, -0.15) is 5.26 Å². The number of thioether (sulfide) groups is 1. The maximum Gasteiger partial charge on any atom is 0.247 e. The summed E-state index contributed by atoms with van der Waals surface area (Å²) >= 11 is 1.62. The summed E-state index contributed by atoms with van der Waals surface area (Å²) in [6.45, 7) is 4.10. The van der Waals surface area contributed by atoms with Crippen molar-refractivity contribution in [3.05, 3.63) is 77.7 Å². The van der Waals surface area contributed by atoms with Crippen molar-refractivity contribution in [3.8, 4) is 17.5 Å². The standard InChI is InChI=1S/C24H19N5OS/c1-3-16-13-21(29-20-12-8-7-11-19(20)26-22(29)18(16)14-25)31-15(2)23-27-28-24(30-23)17-9-5-4-6-10-17/h4-13,15H,3H2,1-2H3/t15-/m0/s1. The third-order valence-corrected chi connectivity index (χ3v) is 6.32. The quantitative estimate of drug-likeness (QED) is 0.330. The van der Waals surface area contributed by atoms with E-state index in [1.165, 1.54) is 0 Å². The van der Waals surface area contributed by atoms with Gasteiger partial charge in [0.2, 0.25) is 11.8 Å². The van der Waals surface area contributed by atoms with Gasteiger partial charge in [-0.05, 0) is 49.2 Å². The molecule has 5 aromatic rings. The van der Waals surface area contributed by atoms with Gasteiger partial charge in [-0.3, -0.25) is 4.40 Å². The fraction of sp³-hybridized carbons (Fsp3) is 0.167. The molecule has 0 spiro atoms. The molecule has 2 aromatic carbocycles. The van der Waals surface area contributed by atoms with Gasteiger partial charge in [0.05, 0.1) is 26.9 Å². The minimum atomic E-state index is -0.0769. The molecule has 31 heavy (non-hydrogen) atoms. The molecule has 0 aliphatic carbocycles. The number of rotatable bonds is 5. The van der Waals surface area contributed by atoms with E-state index in [9.17, 15) is 5.26 Å². The Balaban J connectivity index is 1.59. The zero-order valence-electron chi connectivity index (χ0n) is 17.1. The number of nitriles is 1. The number of hydrogen-bond acceptors (Lipinski definition) is 6. The lowest BCUT2D eigenvalue weighted by Gasteiger charge is -2.13. The number of hydrogen-bond donors (Lipinski definition) is 0. The van der Waals surface area contributed by atoms with E-state index >= 15 is 0 Å². The predicted octanol–water partition coefficient (Wildman–Crippen LogP) is 5.82. The lowest BCUT2D eigenvalue weighted by atomic mass is 10.1. The van der Waals surface area contributed by atoms with Crippen molar-refractivity contribution in [1.82, 2.24) is 19.6 Å². The molecular formula is C24H19N5OS. The van der Waals surface area contributed by atoms with Crippen LogP contribution in [0, 0.1) is 11.3 Å². The van der Waals surface area contributed by atoms with E-state index < -0.39 is 0 Å². The predicted molar refractivity (Wildman–Crippen MR) is 121 cm³/mol. The Morgan fingerprint density at radius 3 is 2.65 bits per heavy atom. The first-order valence-corrected chi connectivity index (χ1v) is 11.0. The number of pyridine rings is 1. The van der Waals surface area contributed by atoms with Crippen LogP contribution in [-0.4, -0.2) is 19.6 Å². The lowest BCUT2D eigenvalue weighted by Crippen LogP contribution is -2.00. The highest BCUT2D eigenvalue weighted by molar-refractivity contribution is 7.99. The van der Waals surface area contributed by atoms with E-state index in [1.807, 2.05) is 61.5 Å². The summed E-state index contributed by atoms with van der Waals surface area (Å²) in [4.78, 5) is 4.75. The van der Waals surface area contributed by atoms with Crippen LogP contribution in [-0.2, 0) is 6.42 Å². The smallest absolute Gasteiger partial charge is 0.247 e. The molecule has 0 bridgehead atoms. The molecule has 0 aliphatic heterocycles. The SMILES string of the molecule is CCc1cc(S[C@@H](C)c2nnc(-c3ccccc3)o2)n2c(nc3ccccc32)c1C#N. The van der Waals surface area contributed by atoms with Crippen molar-refractivity contribution in [2.24, 2.45) is 0 Å². The Morgan fingerprint density at radius 2 is 1.87 bits per heavy atom. The molecule has 0 fully saturated rings. The van der Waals surface area contributed by atoms with Gasteiger partial charge in [0, 0.05) is 5.56 Å². The van der Waals surface area contributed by atoms with E-state index in [-0.39, 0.29) is 5.25 Å². The largest absolute Gasteiger partial charge is 0.419 e. The highest BCUT2D eigenvalue weighted by Gasteiger charge is 2.21. The Morgan fingerprint density at radius 1 is 1.10 bits per heavy atom. The third-order valence-electron chi connectivity index (χ3n) is 5.22. The molecule has 0 radical (unpaired) electrons. The van der Waals surface area contributed by atoms with Crippen molar-refractivity contribution in [2.75, 3.05) is 0 Å². The molecule has 3 aromatic heterocycles. The molecule has 0 N–H and O–H groups in total. The summed E-state index contributed by atoms with van der Waals surface area (Å²) in [6.07, 6.45) is 0.753. The monoisotopic (exact) mass is 425 g/mol. The maximum atomic E-state index is 9.79. The summed E-state index contributed by atoms with van der Waals surface area (Å²) in [5, 5.41) is 19.2. The zero-order chi connectivity index (χ0) is 21.4. The summed E-state index contributed by atoms with van der Waals surface area (Å²) in [7, 11) is 0. The van der Waals surface area contributed by atoms with Gasteiger partial charge >= 0.3 is 0 Å². The van der Waals surface area contributed by atoms with E-state index in [4.69, 9.17) is 9.40 Å². The molecule has 5 rings (SSSR count). The zero-order valence-corrected chi connectivity index (χ0v) is 17.9. The van der Waals surface area contributed by atoms with E-state index in [1.54, 1.807) is 11.8 Å². The minimum absolute atomic E-state index is 0.0769. The van der Waals surface area contributed by atoms with Crippen molar-refractivity contribution < 1.29 is 4.42 Å². The Labute approximate surface area is 183 Å². The number of nitrogens with zero attached hydrogens (tertiary/aromatic N) is 5. The summed E-state index contributed by atoms with van der Waals surface area (Å²) in [5.41, 5.74) is 5.03. The van der Waals surface area contributed by atoms with Crippen molar-refractivity contribution in [2.45, 2.75) is 30.5 Å². The second-order valence-corrected chi connectivity index (χ2v) is 8.54. The number of aromatic nitrogens is 4. The van der Waals surface area contributed by atoms with Crippen LogP contribution >= 0.6 is 11.8 Å². The average molecular weight is 426 g/mol. The van der Waals surface area contributed by atoms with E-state index in [2.05, 4.69) is 33.7 Å². The first kappa shape index (κ1) is 19.3. The number of aryl methyl sites for hydroxylation is 1. The van der Waals surface area contributed by atoms with Crippen LogP contribution in [0.4, 0.5) is 0 Å². The number of fused-ring (bicyclic) bond motifs is 3. The molecule has 0 saturated heterocycles. The average Bonchev–Trinajstić information content (AvgIpc) is 3.45. The van der Waals surface area contributed by atoms with Crippen LogP contribution in [0.2, 0.25) is 0 Å². The van der Waals surface area contributed by atoms with Gasteiger partial charge in [0.15, 0.2) is 5.65 Å². The van der Waals surface area contributed by atoms with Crippen LogP contribution in [0.1, 0.15) is 36.1 Å². The molecule has 0 saturated carbocycles. The topological polar surface area (TPSA) is 80.0 Å². The molecule has 1 atom stereocenters. The van der Waals surface area contributed by atoms with Crippen molar-refractivity contribution in [1.29, 1.82) is 5.26 Å². The van der Waals surface area contributed by atoms with Crippen LogP contribution < -0.4 is 0 Å². The Hall–Kier alpha value is -3.63. The van der Waals surface area contributed by atoms with Crippen molar-refractivity contribution in [3.63, 3.8) is 0 Å². The first-order chi connectivity index (χ1) is 15.2. The molecule has 7 heteroatoms. The minimum Gasteiger partial charge on any atom is -0.419 e. The number of para-hydroxylation sites is 2. The first-order valence-electron chi connectivity index (χ1n) is 10.1. The fourth-order valence-electron chi connectivity index (χ4n) is 3.66. The van der Waals surface area contributed by atoms with Gasteiger partial charge < -0.3 is 4.42 Å². The Kier molecular flexibility index (Phi) is 4.92. The van der Waals surface area contributed by atoms with Gasteiger partial charge in [0.25, 0.3) is 0 Å². The van der Waals surface area contributed by atoms with Crippen molar-refractivity contribution >= 4 is 28.4 Å². The van der Waals surface area contributed by atoms with Gasteiger partial charge in [-0.1, -0.05) is 49.0 Å². The molecule has 3 heterocycles. The molecule has 0 amide bonds. The maximum absolute atomic E-state index is 9.79. The highest BCUT2D eigenvalue weighted by Crippen LogP contribution is 2.38. The summed E-state index contributed by atoms with van der Waals surface area (Å²) < 4.78 is 8.02. The number of benzene rings is 2. The van der Waals surface area contributed by atoms with E-state index in [0.717, 1.165) is 33.6 Å².